The van der Waals surface area contributed by atoms with Gasteiger partial charge in [-0.15, -0.1) is 0 Å². The molecule has 0 aromatic carbocycles. The Bertz CT molecular complexity index is 1070. The van der Waals surface area contributed by atoms with Gasteiger partial charge in [0.25, 0.3) is 0 Å². The molecule has 0 radical (unpaired) electrons. The van der Waals surface area contributed by atoms with E-state index in [9.17, 15) is 9.59 Å². The smallest absolute Gasteiger partial charge is 0.250 e. The van der Waals surface area contributed by atoms with Gasteiger partial charge in [0, 0.05) is 62.2 Å². The summed E-state index contributed by atoms with van der Waals surface area (Å²) in [5, 5.41) is 3.51. The van der Waals surface area contributed by atoms with Crippen LogP contribution < -0.4 is 5.32 Å². The van der Waals surface area contributed by atoms with Crippen molar-refractivity contribution in [3.05, 3.63) is 83.8 Å². The van der Waals surface area contributed by atoms with Crippen molar-refractivity contribution in [3.8, 4) is 0 Å². The normalized spacial score (nSPS) is 20.4. The van der Waals surface area contributed by atoms with Crippen LogP contribution in [-0.2, 0) is 9.59 Å². The summed E-state index contributed by atoms with van der Waals surface area (Å²) in [5.41, 5.74) is 3.46. The molecule has 1 N–H and O–H groups in total. The van der Waals surface area contributed by atoms with Crippen LogP contribution in [0.5, 0.6) is 0 Å². The van der Waals surface area contributed by atoms with Crippen LogP contribution >= 0.6 is 11.8 Å². The molecule has 2 rings (SSSR count). The van der Waals surface area contributed by atoms with E-state index < -0.39 is 0 Å². The number of allylic oxidation sites excluding steroid dienone is 9. The first kappa shape index (κ1) is 33.1. The third-order valence-corrected chi connectivity index (χ3v) is 7.13. The van der Waals surface area contributed by atoms with Gasteiger partial charge in [0.05, 0.1) is 0 Å². The number of nitrogens with one attached hydrogen (secondary N) is 1. The fraction of sp³-hybridized carbons (Fsp3) is 0.485. The zero-order chi connectivity index (χ0) is 29.2. The van der Waals surface area contributed by atoms with Gasteiger partial charge in [-0.3, -0.25) is 14.6 Å². The van der Waals surface area contributed by atoms with Gasteiger partial charge >= 0.3 is 0 Å². The molecule has 7 heteroatoms. The number of unbranched alkanes of at least 4 members (excludes halogenated alkanes) is 1. The van der Waals surface area contributed by atoms with Gasteiger partial charge in [0.1, 0.15) is 5.84 Å². The number of aliphatic imine (C=N–C) groups is 1. The Kier molecular flexibility index (Phi) is 15.8. The van der Waals surface area contributed by atoms with Gasteiger partial charge in [-0.05, 0) is 55.2 Å². The molecule has 6 nitrogen and oxygen atoms in total. The lowest BCUT2D eigenvalue weighted by Gasteiger charge is -2.23. The minimum absolute atomic E-state index is 0.0688. The molecule has 40 heavy (non-hydrogen) atoms. The second kappa shape index (κ2) is 19.1. The van der Waals surface area contributed by atoms with Gasteiger partial charge < -0.3 is 15.1 Å². The fourth-order valence-corrected chi connectivity index (χ4v) is 4.77. The summed E-state index contributed by atoms with van der Waals surface area (Å²) in [6, 6.07) is 0. The molecular weight excluding hydrogens is 516 g/mol. The zero-order valence-corrected chi connectivity index (χ0v) is 25.8. The van der Waals surface area contributed by atoms with E-state index in [1.807, 2.05) is 47.6 Å². The van der Waals surface area contributed by atoms with Crippen molar-refractivity contribution >= 4 is 29.4 Å². The standard InChI is InChI=1S/C33H48N4O2S/c1-6-10-19-34-31-26-29(33(39)37(20-7-2)21-8-3)25-28(9-4)30(35-31)18-17-27-14-11-12-22-36(23-24-40-5)32(38)16-13-15-27/h9,12-15,17-18,22,25H,4,6-8,10-11,16,19-21,23-24,26H2,1-3,5H3,(H,34,35)/b15-13-,18-17+,22-12-,27-14+. The molecule has 0 bridgehead atoms. The maximum atomic E-state index is 13.6. The van der Waals surface area contributed by atoms with Crippen molar-refractivity contribution in [2.45, 2.75) is 65.7 Å². The SMILES string of the molecule is C=CC1=C(/C=C/C2=C/C/C=C\N(CCSC)C(=O)C/C=C\2)NC(=NCCCC)CC(C(=O)N(CCC)CCC)=C1. The second-order valence-corrected chi connectivity index (χ2v) is 10.8. The number of rotatable bonds is 14. The molecule has 0 saturated carbocycles. The summed E-state index contributed by atoms with van der Waals surface area (Å²) in [6.07, 6.45) is 25.3. The van der Waals surface area contributed by atoms with E-state index in [2.05, 4.69) is 45.0 Å². The topological polar surface area (TPSA) is 65.0 Å². The molecule has 2 aliphatic rings. The Labute approximate surface area is 246 Å². The van der Waals surface area contributed by atoms with E-state index in [1.165, 1.54) is 0 Å². The zero-order valence-electron chi connectivity index (χ0n) is 25.0. The Hall–Kier alpha value is -3.06. The molecule has 0 unspecified atom stereocenters. The van der Waals surface area contributed by atoms with Gasteiger partial charge in [-0.2, -0.15) is 11.8 Å². The van der Waals surface area contributed by atoms with Crippen LogP contribution in [0, 0.1) is 0 Å². The molecule has 0 aromatic heterocycles. The highest BCUT2D eigenvalue weighted by molar-refractivity contribution is 7.98. The molecule has 2 amide bonds. The molecule has 0 aromatic rings. The lowest BCUT2D eigenvalue weighted by atomic mass is 10.1. The maximum Gasteiger partial charge on any atom is 0.250 e. The van der Waals surface area contributed by atoms with Crippen LogP contribution in [0.4, 0.5) is 0 Å². The van der Waals surface area contributed by atoms with Crippen LogP contribution in [0.15, 0.2) is 88.8 Å². The monoisotopic (exact) mass is 564 g/mol. The second-order valence-electron chi connectivity index (χ2n) is 9.86. The van der Waals surface area contributed by atoms with E-state index >= 15 is 0 Å². The molecule has 2 heterocycles. The summed E-state index contributed by atoms with van der Waals surface area (Å²) in [5.74, 6) is 1.88. The largest absolute Gasteiger partial charge is 0.343 e. The molecular formula is C33H48N4O2S. The molecule has 0 fully saturated rings. The molecule has 218 valence electrons. The van der Waals surface area contributed by atoms with Crippen LogP contribution in [0.2, 0.25) is 0 Å². The predicted octanol–water partition coefficient (Wildman–Crippen LogP) is 6.73. The van der Waals surface area contributed by atoms with E-state index in [-0.39, 0.29) is 11.8 Å². The third-order valence-electron chi connectivity index (χ3n) is 6.54. The van der Waals surface area contributed by atoms with Gasteiger partial charge in [-0.1, -0.05) is 70.2 Å². The summed E-state index contributed by atoms with van der Waals surface area (Å²) in [6.45, 7) is 13.3. The van der Waals surface area contributed by atoms with Crippen molar-refractivity contribution in [2.75, 3.05) is 38.2 Å². The lowest BCUT2D eigenvalue weighted by Crippen LogP contribution is -2.34. The molecule has 0 aliphatic carbocycles. The van der Waals surface area contributed by atoms with Crippen molar-refractivity contribution < 1.29 is 9.59 Å². The summed E-state index contributed by atoms with van der Waals surface area (Å²) in [7, 11) is 0. The van der Waals surface area contributed by atoms with E-state index in [0.29, 0.717) is 12.8 Å². The third kappa shape index (κ3) is 11.2. The van der Waals surface area contributed by atoms with Crippen LogP contribution in [0.3, 0.4) is 0 Å². The van der Waals surface area contributed by atoms with Gasteiger partial charge in [0.15, 0.2) is 0 Å². The number of thioether (sulfide) groups is 1. The Morgan fingerprint density at radius 3 is 2.62 bits per heavy atom. The van der Waals surface area contributed by atoms with Gasteiger partial charge in [-0.25, -0.2) is 0 Å². The van der Waals surface area contributed by atoms with Crippen molar-refractivity contribution in [1.82, 2.24) is 15.1 Å². The van der Waals surface area contributed by atoms with Gasteiger partial charge in [0.2, 0.25) is 11.8 Å². The number of carbonyl (C=O) groups excluding carboxylic acids is 2. The molecule has 0 saturated heterocycles. The average molecular weight is 565 g/mol. The number of hydrogen-bond acceptors (Lipinski definition) is 4. The summed E-state index contributed by atoms with van der Waals surface area (Å²) >= 11 is 1.74. The highest BCUT2D eigenvalue weighted by Gasteiger charge is 2.22. The first-order valence-electron chi connectivity index (χ1n) is 14.6. The highest BCUT2D eigenvalue weighted by atomic mass is 32.2. The first-order chi connectivity index (χ1) is 19.5. The number of nitrogens with zero attached hydrogens (tertiary/aromatic N) is 3. The lowest BCUT2D eigenvalue weighted by molar-refractivity contribution is -0.128. The molecule has 2 aliphatic heterocycles. The Morgan fingerprint density at radius 2 is 1.95 bits per heavy atom. The van der Waals surface area contributed by atoms with Crippen molar-refractivity contribution in [3.63, 3.8) is 0 Å². The fourth-order valence-electron chi connectivity index (χ4n) is 4.39. The number of amidine groups is 1. The Morgan fingerprint density at radius 1 is 1.18 bits per heavy atom. The van der Waals surface area contributed by atoms with Crippen LogP contribution in [0.1, 0.15) is 65.7 Å². The highest BCUT2D eigenvalue weighted by Crippen LogP contribution is 2.21. The summed E-state index contributed by atoms with van der Waals surface area (Å²) < 4.78 is 0. The van der Waals surface area contributed by atoms with Crippen LogP contribution in [0.25, 0.3) is 0 Å². The van der Waals surface area contributed by atoms with Crippen LogP contribution in [-0.4, -0.2) is 65.6 Å². The average Bonchev–Trinajstić information content (AvgIpc) is 3.13. The quantitative estimate of drug-likeness (QED) is 0.238. The minimum Gasteiger partial charge on any atom is -0.343 e. The predicted molar refractivity (Wildman–Crippen MR) is 172 cm³/mol. The number of carbonyl (C=O) groups is 2. The number of hydrogen-bond donors (Lipinski definition) is 1. The first-order valence-corrected chi connectivity index (χ1v) is 16.0. The summed E-state index contributed by atoms with van der Waals surface area (Å²) in [4.78, 5) is 34.8. The van der Waals surface area contributed by atoms with Crippen molar-refractivity contribution in [2.24, 2.45) is 4.99 Å². The van der Waals surface area contributed by atoms with E-state index in [4.69, 9.17) is 4.99 Å². The molecule has 0 spiro atoms. The van der Waals surface area contributed by atoms with Crippen molar-refractivity contribution in [1.29, 1.82) is 0 Å². The van der Waals surface area contributed by atoms with E-state index in [1.54, 1.807) is 22.7 Å². The Balaban J connectivity index is 2.40. The maximum absolute atomic E-state index is 13.6. The minimum atomic E-state index is 0.0688. The molecule has 0 atom stereocenters. The number of amides is 2. The van der Waals surface area contributed by atoms with E-state index in [0.717, 1.165) is 92.3 Å².